The molecule has 0 amide bonds. The van der Waals surface area contributed by atoms with Gasteiger partial charge in [0.15, 0.2) is 0 Å². The highest BCUT2D eigenvalue weighted by Gasteiger charge is 2.57. The average Bonchev–Trinajstić information content (AvgIpc) is 2.69. The van der Waals surface area contributed by atoms with Gasteiger partial charge in [0.25, 0.3) is 0 Å². The van der Waals surface area contributed by atoms with E-state index >= 15 is 0 Å². The summed E-state index contributed by atoms with van der Waals surface area (Å²) < 4.78 is -0.0502. The van der Waals surface area contributed by atoms with E-state index < -0.39 is 0 Å². The van der Waals surface area contributed by atoms with Crippen molar-refractivity contribution in [1.29, 1.82) is 0 Å². The first-order chi connectivity index (χ1) is 7.55. The van der Waals surface area contributed by atoms with E-state index in [1.165, 1.54) is 5.56 Å². The van der Waals surface area contributed by atoms with Gasteiger partial charge >= 0.3 is 0 Å². The van der Waals surface area contributed by atoms with Crippen LogP contribution < -0.4 is 4.85 Å². The maximum atomic E-state index is 11.3. The van der Waals surface area contributed by atoms with Crippen LogP contribution in [-0.2, 0) is 0 Å². The summed E-state index contributed by atoms with van der Waals surface area (Å²) in [5.41, 5.74) is 3.53. The number of rotatable bonds is 1. The van der Waals surface area contributed by atoms with Gasteiger partial charge in [-0.1, -0.05) is 32.9 Å². The van der Waals surface area contributed by atoms with Crippen LogP contribution in [0, 0.1) is 5.21 Å². The fraction of sp³-hybridized carbons (Fsp3) is 0.500. The Morgan fingerprint density at radius 1 is 1.56 bits per heavy atom. The first-order valence-electron chi connectivity index (χ1n) is 5.49. The van der Waals surface area contributed by atoms with Gasteiger partial charge in [0.1, 0.15) is 0 Å². The Balaban J connectivity index is 2.20. The number of halogens is 1. The molecular weight excluding hydrogens is 268 g/mol. The van der Waals surface area contributed by atoms with Gasteiger partial charge in [-0.25, -0.2) is 0 Å². The number of hydrogen-bond acceptors (Lipinski definition) is 2. The van der Waals surface area contributed by atoms with Gasteiger partial charge in [-0.2, -0.15) is 0 Å². The predicted octanol–water partition coefficient (Wildman–Crippen LogP) is 2.40. The summed E-state index contributed by atoms with van der Waals surface area (Å²) >= 11 is 3.87. The first kappa shape index (κ1) is 10.3. The number of hydrogen-bond donors (Lipinski definition) is 0. The zero-order chi connectivity index (χ0) is 11.5. The van der Waals surface area contributed by atoms with E-state index in [0.717, 1.165) is 24.0 Å². The van der Waals surface area contributed by atoms with Crippen LogP contribution >= 0.6 is 15.9 Å². The van der Waals surface area contributed by atoms with Crippen LogP contribution in [0.25, 0.3) is 0 Å². The molecule has 3 unspecified atom stereocenters. The number of alkyl halides is 1. The van der Waals surface area contributed by atoms with Crippen LogP contribution in [0.1, 0.15) is 42.7 Å². The molecule has 4 heteroatoms. The molecule has 3 atom stereocenters. The summed E-state index contributed by atoms with van der Waals surface area (Å²) in [4.78, 5) is 0.658. The average molecular weight is 281 g/mol. The maximum Gasteiger partial charge on any atom is 0.213 e. The Labute approximate surface area is 103 Å². The molecule has 1 aromatic heterocycles. The summed E-state index contributed by atoms with van der Waals surface area (Å²) in [7, 11) is 0. The van der Waals surface area contributed by atoms with Crippen LogP contribution in [-0.4, -0.2) is 9.42 Å². The Morgan fingerprint density at radius 2 is 2.19 bits per heavy atom. The molecule has 2 bridgehead atoms. The van der Waals surface area contributed by atoms with Crippen LogP contribution in [0.15, 0.2) is 24.5 Å². The molecule has 3 nitrogen and oxygen atoms in total. The number of fused-ring (bicyclic) bond motifs is 5. The minimum absolute atomic E-state index is 0.0502. The van der Waals surface area contributed by atoms with Crippen molar-refractivity contribution in [1.82, 2.24) is 5.10 Å². The van der Waals surface area contributed by atoms with E-state index in [1.54, 1.807) is 12.4 Å². The molecule has 0 aliphatic heterocycles. The van der Waals surface area contributed by atoms with Crippen molar-refractivity contribution in [3.05, 3.63) is 40.9 Å². The van der Waals surface area contributed by atoms with E-state index in [2.05, 4.69) is 34.5 Å². The minimum atomic E-state index is -0.0502. The Bertz CT molecular complexity index is 488. The molecule has 1 fully saturated rings. The third kappa shape index (κ3) is 1.03. The molecular formula is C12H13BrN2O. The van der Waals surface area contributed by atoms with Crippen LogP contribution in [0.2, 0.25) is 0 Å². The zero-order valence-electron chi connectivity index (χ0n) is 9.11. The molecule has 1 aromatic rings. The minimum Gasteiger partial charge on any atom is -0.594 e. The molecule has 1 heterocycles. The van der Waals surface area contributed by atoms with Crippen molar-refractivity contribution >= 4 is 15.9 Å². The predicted molar refractivity (Wildman–Crippen MR) is 64.4 cm³/mol. The fourth-order valence-electron chi connectivity index (χ4n) is 3.36. The van der Waals surface area contributed by atoms with Crippen LogP contribution in [0.3, 0.4) is 0 Å². The molecule has 84 valence electrons. The van der Waals surface area contributed by atoms with Crippen LogP contribution in [0.4, 0.5) is 0 Å². The van der Waals surface area contributed by atoms with Gasteiger partial charge < -0.3 is 5.21 Å². The second-order valence-electron chi connectivity index (χ2n) is 4.82. The van der Waals surface area contributed by atoms with Crippen molar-refractivity contribution in [2.75, 3.05) is 0 Å². The van der Waals surface area contributed by atoms with Crippen molar-refractivity contribution in [3.63, 3.8) is 0 Å². The van der Waals surface area contributed by atoms with E-state index in [9.17, 15) is 5.21 Å². The summed E-state index contributed by atoms with van der Waals surface area (Å²) in [6.07, 6.45) is 5.63. The van der Waals surface area contributed by atoms with E-state index in [-0.39, 0.29) is 4.32 Å². The Morgan fingerprint density at radius 3 is 2.81 bits per heavy atom. The topological polar surface area (TPSA) is 39.8 Å². The Kier molecular flexibility index (Phi) is 1.97. The molecule has 3 rings (SSSR count). The van der Waals surface area contributed by atoms with Gasteiger partial charge in [0.05, 0.1) is 10.5 Å². The molecule has 2 aliphatic rings. The van der Waals surface area contributed by atoms with Crippen LogP contribution in [0.5, 0.6) is 0 Å². The van der Waals surface area contributed by atoms with Crippen molar-refractivity contribution < 1.29 is 4.85 Å². The Hall–Kier alpha value is -0.900. The number of nitrogens with zero attached hydrogens (tertiary/aromatic N) is 2. The van der Waals surface area contributed by atoms with Gasteiger partial charge in [-0.05, 0) is 25.3 Å². The fourth-order valence-corrected chi connectivity index (χ4v) is 4.31. The van der Waals surface area contributed by atoms with Gasteiger partial charge in [0, 0.05) is 22.5 Å². The monoisotopic (exact) mass is 280 g/mol. The number of allylic oxidation sites excluding steroid dienone is 1. The lowest BCUT2D eigenvalue weighted by Crippen LogP contribution is -2.31. The molecule has 16 heavy (non-hydrogen) atoms. The highest BCUT2D eigenvalue weighted by atomic mass is 79.9. The lowest BCUT2D eigenvalue weighted by atomic mass is 9.89. The van der Waals surface area contributed by atoms with Gasteiger partial charge in [0.2, 0.25) is 6.20 Å². The zero-order valence-corrected chi connectivity index (χ0v) is 10.7. The second-order valence-corrected chi connectivity index (χ2v) is 6.13. The highest BCUT2D eigenvalue weighted by molar-refractivity contribution is 9.10. The second kappa shape index (κ2) is 3.06. The highest BCUT2D eigenvalue weighted by Crippen LogP contribution is 2.65. The molecule has 0 aromatic carbocycles. The largest absolute Gasteiger partial charge is 0.594 e. The van der Waals surface area contributed by atoms with Gasteiger partial charge in [-0.15, -0.1) is 0 Å². The summed E-state index contributed by atoms with van der Waals surface area (Å²) in [5, 5.41) is 15.1. The van der Waals surface area contributed by atoms with Gasteiger partial charge in [-0.3, -0.25) is 0 Å². The third-order valence-electron chi connectivity index (χ3n) is 4.06. The summed E-state index contributed by atoms with van der Waals surface area (Å²) in [5.74, 6) is 0.812. The molecule has 2 aliphatic carbocycles. The van der Waals surface area contributed by atoms with E-state index in [0.29, 0.717) is 16.7 Å². The van der Waals surface area contributed by atoms with Crippen molar-refractivity contribution in [3.8, 4) is 0 Å². The third-order valence-corrected chi connectivity index (χ3v) is 5.84. The SMILES string of the molecule is C=C(C)C1(Br)C2CCC1c1c[n+]([O-])ncc12. The normalized spacial score (nSPS) is 35.1. The van der Waals surface area contributed by atoms with E-state index in [1.807, 2.05) is 0 Å². The smallest absolute Gasteiger partial charge is 0.213 e. The van der Waals surface area contributed by atoms with Crippen molar-refractivity contribution in [2.24, 2.45) is 0 Å². The molecule has 0 saturated heterocycles. The lowest BCUT2D eigenvalue weighted by Gasteiger charge is -2.28. The summed E-state index contributed by atoms with van der Waals surface area (Å²) in [6, 6.07) is 0. The standard InChI is InChI=1S/C12H13BrN2O/c1-7(2)12(13)10-3-4-11(12)9-6-15(16)14-5-8(9)10/h5-6,10-11H,1,3-4H2,2H3. The quantitative estimate of drug-likeness (QED) is 0.343. The van der Waals surface area contributed by atoms with Crippen molar-refractivity contribution in [2.45, 2.75) is 35.9 Å². The maximum absolute atomic E-state index is 11.3. The molecule has 0 spiro atoms. The molecule has 0 N–H and O–H groups in total. The number of aromatic nitrogens is 2. The van der Waals surface area contributed by atoms with E-state index in [4.69, 9.17) is 0 Å². The molecule has 1 saturated carbocycles. The first-order valence-corrected chi connectivity index (χ1v) is 6.28. The summed E-state index contributed by atoms with van der Waals surface area (Å²) in [6.45, 7) is 6.16. The molecule has 0 radical (unpaired) electrons. The lowest BCUT2D eigenvalue weighted by molar-refractivity contribution is -0.669.